The molecule has 0 aliphatic carbocycles. The molecule has 2 amide bonds. The van der Waals surface area contributed by atoms with E-state index in [0.717, 1.165) is 13.0 Å². The molecule has 9 heteroatoms. The van der Waals surface area contributed by atoms with Crippen LogP contribution in [0.3, 0.4) is 0 Å². The first-order chi connectivity index (χ1) is 18.3. The minimum absolute atomic E-state index is 0.0316. The summed E-state index contributed by atoms with van der Waals surface area (Å²) in [6.45, 7) is 6.86. The molecule has 38 heavy (non-hydrogen) atoms. The van der Waals surface area contributed by atoms with Gasteiger partial charge in [0.1, 0.15) is 0 Å². The predicted octanol–water partition coefficient (Wildman–Crippen LogP) is 4.68. The first kappa shape index (κ1) is 26.1. The van der Waals surface area contributed by atoms with Crippen LogP contribution in [0.4, 0.5) is 5.69 Å². The van der Waals surface area contributed by atoms with Gasteiger partial charge in [0.05, 0.1) is 17.0 Å². The molecule has 2 aliphatic rings. The van der Waals surface area contributed by atoms with Crippen molar-refractivity contribution in [1.82, 2.24) is 14.7 Å². The van der Waals surface area contributed by atoms with E-state index in [4.69, 9.17) is 0 Å². The van der Waals surface area contributed by atoms with Crippen molar-refractivity contribution in [2.45, 2.75) is 38.8 Å². The van der Waals surface area contributed by atoms with Crippen molar-refractivity contribution < 1.29 is 14.5 Å². The van der Waals surface area contributed by atoms with E-state index in [9.17, 15) is 19.7 Å². The highest BCUT2D eigenvalue weighted by Gasteiger charge is 2.37. The number of fused-ring (bicyclic) bond motifs is 1. The number of nitro groups is 1. The van der Waals surface area contributed by atoms with Gasteiger partial charge in [-0.2, -0.15) is 0 Å². The zero-order valence-electron chi connectivity index (χ0n) is 21.7. The van der Waals surface area contributed by atoms with Crippen LogP contribution in [0.1, 0.15) is 51.3 Å². The van der Waals surface area contributed by atoms with Gasteiger partial charge < -0.3 is 9.80 Å². The summed E-state index contributed by atoms with van der Waals surface area (Å²) in [5.41, 5.74) is 3.94. The summed E-state index contributed by atoms with van der Waals surface area (Å²) in [5, 5.41) is 13.3. The van der Waals surface area contributed by atoms with Gasteiger partial charge in [-0.3, -0.25) is 24.6 Å². The van der Waals surface area contributed by atoms with E-state index in [0.29, 0.717) is 38.2 Å². The van der Waals surface area contributed by atoms with Crippen LogP contribution >= 0.6 is 11.3 Å². The highest BCUT2D eigenvalue weighted by atomic mass is 32.1. The molecule has 198 valence electrons. The molecule has 5 rings (SSSR count). The molecule has 3 heterocycles. The topological polar surface area (TPSA) is 87.0 Å². The third-order valence-electron chi connectivity index (χ3n) is 7.74. The summed E-state index contributed by atoms with van der Waals surface area (Å²) in [7, 11) is 0. The van der Waals surface area contributed by atoms with E-state index in [2.05, 4.69) is 41.5 Å². The first-order valence-corrected chi connectivity index (χ1v) is 13.9. The maximum atomic E-state index is 13.8. The molecule has 2 aliphatic heterocycles. The molecular formula is C29H32N4O4S. The van der Waals surface area contributed by atoms with Crippen molar-refractivity contribution in [3.05, 3.63) is 97.2 Å². The van der Waals surface area contributed by atoms with Gasteiger partial charge in [-0.15, -0.1) is 11.3 Å². The Kier molecular flexibility index (Phi) is 7.58. The van der Waals surface area contributed by atoms with E-state index >= 15 is 0 Å². The average molecular weight is 533 g/mol. The highest BCUT2D eigenvalue weighted by Crippen LogP contribution is 2.40. The number of hydrogen-bond acceptors (Lipinski definition) is 6. The molecule has 2 atom stereocenters. The second kappa shape index (κ2) is 11.0. The van der Waals surface area contributed by atoms with E-state index in [-0.39, 0.29) is 29.6 Å². The molecular weight excluding hydrogens is 500 g/mol. The molecule has 2 aromatic carbocycles. The minimum atomic E-state index is -0.495. The molecule has 0 N–H and O–H groups in total. The number of hydrogen-bond donors (Lipinski definition) is 0. The van der Waals surface area contributed by atoms with Crippen molar-refractivity contribution in [2.24, 2.45) is 0 Å². The zero-order chi connectivity index (χ0) is 26.8. The molecule has 0 radical (unpaired) electrons. The van der Waals surface area contributed by atoms with Crippen LogP contribution in [-0.4, -0.2) is 70.2 Å². The number of amides is 2. The molecule has 0 unspecified atom stereocenters. The lowest BCUT2D eigenvalue weighted by atomic mass is 9.89. The predicted molar refractivity (Wildman–Crippen MR) is 147 cm³/mol. The van der Waals surface area contributed by atoms with Crippen molar-refractivity contribution in [3.8, 4) is 0 Å². The van der Waals surface area contributed by atoms with Crippen molar-refractivity contribution in [2.75, 3.05) is 32.7 Å². The van der Waals surface area contributed by atoms with Gasteiger partial charge in [0.15, 0.2) is 0 Å². The molecule has 0 saturated carbocycles. The SMILES string of the molecule is Cc1ccccc1[C@@H]1c2ccsc2CCN1[C@H](C)C(=O)N1CCCN(C(=O)c2cccc([N+](=O)[O-])c2)CC1. The summed E-state index contributed by atoms with van der Waals surface area (Å²) < 4.78 is 0. The zero-order valence-corrected chi connectivity index (χ0v) is 22.5. The second-order valence-electron chi connectivity index (χ2n) is 10.0. The lowest BCUT2D eigenvalue weighted by Crippen LogP contribution is -2.51. The van der Waals surface area contributed by atoms with E-state index in [1.165, 1.54) is 39.8 Å². The van der Waals surface area contributed by atoms with Gasteiger partial charge in [0.2, 0.25) is 5.91 Å². The highest BCUT2D eigenvalue weighted by molar-refractivity contribution is 7.10. The Morgan fingerprint density at radius 1 is 0.974 bits per heavy atom. The second-order valence-corrected chi connectivity index (χ2v) is 11.0. The monoisotopic (exact) mass is 532 g/mol. The normalized spacial score (nSPS) is 18.9. The average Bonchev–Trinajstić information content (AvgIpc) is 3.28. The standard InChI is InChI=1S/C29H32N4O4S/c1-20-7-3-4-10-24(20)27-25-12-18-38-26(25)11-15-32(27)21(2)28(34)30-13-6-14-31(17-16-30)29(35)22-8-5-9-23(19-22)33(36)37/h3-5,7-10,12,18-19,21,27H,6,11,13-17H2,1-2H3/t21-,27-/m1/s1. The van der Waals surface area contributed by atoms with Crippen molar-refractivity contribution in [1.29, 1.82) is 0 Å². The van der Waals surface area contributed by atoms with Gasteiger partial charge in [-0.1, -0.05) is 30.3 Å². The third-order valence-corrected chi connectivity index (χ3v) is 8.74. The van der Waals surface area contributed by atoms with Crippen molar-refractivity contribution in [3.63, 3.8) is 0 Å². The van der Waals surface area contributed by atoms with Gasteiger partial charge in [0.25, 0.3) is 11.6 Å². The van der Waals surface area contributed by atoms with Crippen LogP contribution in [0, 0.1) is 17.0 Å². The van der Waals surface area contributed by atoms with E-state index in [1.807, 2.05) is 17.9 Å². The Hall–Kier alpha value is -3.56. The Morgan fingerprint density at radius 2 is 1.74 bits per heavy atom. The number of non-ortho nitro benzene ring substituents is 1. The van der Waals surface area contributed by atoms with Crippen LogP contribution in [-0.2, 0) is 11.2 Å². The van der Waals surface area contributed by atoms with Crippen LogP contribution in [0.2, 0.25) is 0 Å². The summed E-state index contributed by atoms with van der Waals surface area (Å²) >= 11 is 1.79. The number of carbonyl (C=O) groups excluding carboxylic acids is 2. The summed E-state index contributed by atoms with van der Waals surface area (Å²) in [6.07, 6.45) is 1.59. The van der Waals surface area contributed by atoms with Crippen LogP contribution in [0.15, 0.2) is 60.0 Å². The smallest absolute Gasteiger partial charge is 0.270 e. The third kappa shape index (κ3) is 5.08. The number of rotatable bonds is 5. The molecule has 0 bridgehead atoms. The fraction of sp³-hybridized carbons (Fsp3) is 0.379. The maximum Gasteiger partial charge on any atom is 0.270 e. The first-order valence-electron chi connectivity index (χ1n) is 13.0. The largest absolute Gasteiger partial charge is 0.340 e. The molecule has 1 aromatic heterocycles. The number of carbonyl (C=O) groups is 2. The minimum Gasteiger partial charge on any atom is -0.340 e. The number of benzene rings is 2. The van der Waals surface area contributed by atoms with Crippen LogP contribution in [0.25, 0.3) is 0 Å². The Balaban J connectivity index is 1.31. The van der Waals surface area contributed by atoms with Gasteiger partial charge in [-0.05, 0) is 60.9 Å². The van der Waals surface area contributed by atoms with Gasteiger partial charge in [0, 0.05) is 55.3 Å². The summed E-state index contributed by atoms with van der Waals surface area (Å²) in [4.78, 5) is 44.9. The fourth-order valence-corrected chi connectivity index (χ4v) is 6.58. The molecule has 1 saturated heterocycles. The number of aryl methyl sites for hydroxylation is 1. The van der Waals surface area contributed by atoms with E-state index < -0.39 is 4.92 Å². The van der Waals surface area contributed by atoms with E-state index in [1.54, 1.807) is 22.3 Å². The molecule has 8 nitrogen and oxygen atoms in total. The summed E-state index contributed by atoms with van der Waals surface area (Å²) in [6, 6.07) is 16.2. The molecule has 3 aromatic rings. The maximum absolute atomic E-state index is 13.8. The molecule has 0 spiro atoms. The van der Waals surface area contributed by atoms with Gasteiger partial charge in [-0.25, -0.2) is 0 Å². The molecule has 1 fully saturated rings. The number of nitro benzene ring substituents is 1. The van der Waals surface area contributed by atoms with Crippen molar-refractivity contribution >= 4 is 28.8 Å². The Bertz CT molecular complexity index is 1360. The lowest BCUT2D eigenvalue weighted by Gasteiger charge is -2.41. The van der Waals surface area contributed by atoms with Crippen LogP contribution < -0.4 is 0 Å². The van der Waals surface area contributed by atoms with Gasteiger partial charge >= 0.3 is 0 Å². The number of nitrogens with zero attached hydrogens (tertiary/aromatic N) is 4. The fourth-order valence-electron chi connectivity index (χ4n) is 5.67. The Labute approximate surface area is 226 Å². The number of thiophene rings is 1. The quantitative estimate of drug-likeness (QED) is 0.352. The summed E-state index contributed by atoms with van der Waals surface area (Å²) in [5.74, 6) is -0.163. The lowest BCUT2D eigenvalue weighted by molar-refractivity contribution is -0.384. The Morgan fingerprint density at radius 3 is 2.53 bits per heavy atom. The van der Waals surface area contributed by atoms with Crippen LogP contribution in [0.5, 0.6) is 0 Å².